The van der Waals surface area contributed by atoms with Gasteiger partial charge in [0.05, 0.1) is 22.7 Å². The van der Waals surface area contributed by atoms with Gasteiger partial charge in [-0.05, 0) is 12.1 Å². The normalized spacial score (nSPS) is 11.0. The van der Waals surface area contributed by atoms with Crippen molar-refractivity contribution in [3.05, 3.63) is 57.0 Å². The third kappa shape index (κ3) is 2.73. The number of fused-ring (bicyclic) bond motifs is 1. The van der Waals surface area contributed by atoms with Gasteiger partial charge in [0.1, 0.15) is 0 Å². The smallest absolute Gasteiger partial charge is 0.346 e. The van der Waals surface area contributed by atoms with Crippen molar-refractivity contribution in [2.24, 2.45) is 7.05 Å². The topological polar surface area (TPSA) is 98.2 Å². The first-order valence-electron chi connectivity index (χ1n) is 6.33. The van der Waals surface area contributed by atoms with E-state index in [2.05, 4.69) is 9.97 Å². The molecule has 0 radical (unpaired) electrons. The van der Waals surface area contributed by atoms with Crippen LogP contribution in [0.25, 0.3) is 10.9 Å². The number of hydrogen-bond donors (Lipinski definition) is 1. The highest BCUT2D eigenvalue weighted by molar-refractivity contribution is 7.98. The SMILES string of the molecule is Cn1c(SCc2nc3ccccc3c(=O)o2)nc(O)cc1=O. The number of nitrogens with zero attached hydrogens (tertiary/aromatic N) is 3. The molecule has 0 unspecified atom stereocenters. The number of rotatable bonds is 3. The highest BCUT2D eigenvalue weighted by Gasteiger charge is 2.10. The average Bonchev–Trinajstić information content (AvgIpc) is 2.49. The van der Waals surface area contributed by atoms with Crippen LogP contribution in [0.5, 0.6) is 5.88 Å². The minimum absolute atomic E-state index is 0.212. The van der Waals surface area contributed by atoms with E-state index in [0.29, 0.717) is 16.1 Å². The van der Waals surface area contributed by atoms with E-state index in [1.165, 1.54) is 4.57 Å². The quantitative estimate of drug-likeness (QED) is 0.574. The van der Waals surface area contributed by atoms with E-state index in [1.807, 2.05) is 0 Å². The van der Waals surface area contributed by atoms with Gasteiger partial charge in [-0.15, -0.1) is 0 Å². The lowest BCUT2D eigenvalue weighted by molar-refractivity contribution is 0.437. The second-order valence-electron chi connectivity index (χ2n) is 4.50. The summed E-state index contributed by atoms with van der Waals surface area (Å²) in [5.74, 6) is 0.0916. The predicted octanol–water partition coefficient (Wildman–Crippen LogP) is 1.28. The van der Waals surface area contributed by atoms with Gasteiger partial charge in [-0.2, -0.15) is 4.98 Å². The lowest BCUT2D eigenvalue weighted by atomic mass is 10.2. The maximum Gasteiger partial charge on any atom is 0.346 e. The van der Waals surface area contributed by atoms with E-state index in [0.717, 1.165) is 17.8 Å². The van der Waals surface area contributed by atoms with Crippen LogP contribution in [0, 0.1) is 0 Å². The fourth-order valence-corrected chi connectivity index (χ4v) is 2.70. The van der Waals surface area contributed by atoms with Gasteiger partial charge in [0.15, 0.2) is 5.16 Å². The molecule has 1 N–H and O–H groups in total. The van der Waals surface area contributed by atoms with Gasteiger partial charge in [0.25, 0.3) is 5.56 Å². The zero-order chi connectivity index (χ0) is 15.7. The molecule has 0 saturated carbocycles. The Bertz CT molecular complexity index is 964. The molecule has 0 aliphatic heterocycles. The summed E-state index contributed by atoms with van der Waals surface area (Å²) in [5.41, 5.74) is -0.283. The van der Waals surface area contributed by atoms with Gasteiger partial charge in [0.2, 0.25) is 11.8 Å². The summed E-state index contributed by atoms with van der Waals surface area (Å²) in [4.78, 5) is 31.5. The Labute approximate surface area is 128 Å². The predicted molar refractivity (Wildman–Crippen MR) is 81.0 cm³/mol. The lowest BCUT2D eigenvalue weighted by Gasteiger charge is -2.06. The molecule has 22 heavy (non-hydrogen) atoms. The molecule has 3 aromatic rings. The number of para-hydroxylation sites is 1. The van der Waals surface area contributed by atoms with Crippen molar-refractivity contribution >= 4 is 22.7 Å². The Morgan fingerprint density at radius 1 is 1.27 bits per heavy atom. The first kappa shape index (κ1) is 14.3. The van der Waals surface area contributed by atoms with Crippen LogP contribution in [0.15, 0.2) is 49.5 Å². The first-order chi connectivity index (χ1) is 10.5. The van der Waals surface area contributed by atoms with Crippen LogP contribution in [-0.2, 0) is 12.8 Å². The van der Waals surface area contributed by atoms with Crippen LogP contribution in [0.3, 0.4) is 0 Å². The minimum atomic E-state index is -0.459. The molecule has 0 aliphatic carbocycles. The Hall–Kier alpha value is -2.61. The van der Waals surface area contributed by atoms with Crippen molar-refractivity contribution in [1.29, 1.82) is 0 Å². The van der Waals surface area contributed by atoms with Crippen LogP contribution in [0.4, 0.5) is 0 Å². The van der Waals surface area contributed by atoms with Crippen LogP contribution in [0.2, 0.25) is 0 Å². The standard InChI is InChI=1S/C14H11N3O4S/c1-17-12(19)6-10(18)16-14(17)22-7-11-15-9-5-3-2-4-8(9)13(20)21-11/h2-6,18H,7H2,1H3. The van der Waals surface area contributed by atoms with Crippen LogP contribution in [0.1, 0.15) is 5.89 Å². The zero-order valence-electron chi connectivity index (χ0n) is 11.5. The molecule has 1 aromatic carbocycles. The molecule has 7 nitrogen and oxygen atoms in total. The van der Waals surface area contributed by atoms with E-state index in [4.69, 9.17) is 4.42 Å². The summed E-state index contributed by atoms with van der Waals surface area (Å²) in [5, 5.41) is 10.1. The summed E-state index contributed by atoms with van der Waals surface area (Å²) >= 11 is 1.14. The van der Waals surface area contributed by atoms with E-state index < -0.39 is 5.63 Å². The molecule has 0 fully saturated rings. The Balaban J connectivity index is 1.92. The molecule has 112 valence electrons. The van der Waals surface area contributed by atoms with Crippen molar-refractivity contribution in [2.45, 2.75) is 10.9 Å². The largest absolute Gasteiger partial charge is 0.493 e. The summed E-state index contributed by atoms with van der Waals surface area (Å²) in [6.45, 7) is 0. The molecular formula is C14H11N3O4S. The summed E-state index contributed by atoms with van der Waals surface area (Å²) in [6, 6.07) is 7.92. The second-order valence-corrected chi connectivity index (χ2v) is 5.44. The number of benzene rings is 1. The van der Waals surface area contributed by atoms with Crippen molar-refractivity contribution in [3.8, 4) is 5.88 Å². The monoisotopic (exact) mass is 317 g/mol. The first-order valence-corrected chi connectivity index (χ1v) is 7.32. The van der Waals surface area contributed by atoms with Crippen molar-refractivity contribution in [1.82, 2.24) is 14.5 Å². The summed E-state index contributed by atoms with van der Waals surface area (Å²) in [6.07, 6.45) is 0. The molecule has 0 bridgehead atoms. The minimum Gasteiger partial charge on any atom is -0.493 e. The van der Waals surface area contributed by atoms with Crippen LogP contribution >= 0.6 is 11.8 Å². The van der Waals surface area contributed by atoms with Gasteiger partial charge in [-0.1, -0.05) is 23.9 Å². The summed E-state index contributed by atoms with van der Waals surface area (Å²) in [7, 11) is 1.54. The molecule has 8 heteroatoms. The lowest BCUT2D eigenvalue weighted by Crippen LogP contribution is -2.18. The van der Waals surface area contributed by atoms with Gasteiger partial charge in [-0.3, -0.25) is 9.36 Å². The van der Waals surface area contributed by atoms with Gasteiger partial charge < -0.3 is 9.52 Å². The van der Waals surface area contributed by atoms with Crippen molar-refractivity contribution < 1.29 is 9.52 Å². The van der Waals surface area contributed by atoms with Crippen molar-refractivity contribution in [3.63, 3.8) is 0 Å². The van der Waals surface area contributed by atoms with Gasteiger partial charge >= 0.3 is 5.63 Å². The second kappa shape index (κ2) is 5.64. The Morgan fingerprint density at radius 2 is 2.05 bits per heavy atom. The Kier molecular flexibility index (Phi) is 3.68. The fourth-order valence-electron chi connectivity index (χ4n) is 1.89. The zero-order valence-corrected chi connectivity index (χ0v) is 12.3. The molecule has 2 heterocycles. The number of thioether (sulfide) groups is 1. The van der Waals surface area contributed by atoms with Crippen LogP contribution in [-0.4, -0.2) is 19.6 Å². The Morgan fingerprint density at radius 3 is 2.86 bits per heavy atom. The molecular weight excluding hydrogens is 306 g/mol. The maximum atomic E-state index is 11.9. The fraction of sp³-hybridized carbons (Fsp3) is 0.143. The highest BCUT2D eigenvalue weighted by Crippen LogP contribution is 2.20. The molecule has 3 rings (SSSR count). The van der Waals surface area contributed by atoms with Gasteiger partial charge in [-0.25, -0.2) is 9.78 Å². The molecule has 2 aromatic heterocycles. The number of aromatic hydroxyl groups is 1. The number of hydrogen-bond acceptors (Lipinski definition) is 7. The average molecular weight is 317 g/mol. The molecule has 0 spiro atoms. The molecule has 0 atom stereocenters. The third-order valence-corrected chi connectivity index (χ3v) is 4.00. The molecule has 0 amide bonds. The van der Waals surface area contributed by atoms with E-state index >= 15 is 0 Å². The summed E-state index contributed by atoms with van der Waals surface area (Å²) < 4.78 is 6.44. The number of aromatic nitrogens is 3. The third-order valence-electron chi connectivity index (χ3n) is 2.98. The van der Waals surface area contributed by atoms with Gasteiger partial charge in [0, 0.05) is 7.05 Å². The maximum absolute atomic E-state index is 11.9. The van der Waals surface area contributed by atoms with Crippen LogP contribution < -0.4 is 11.2 Å². The molecule has 0 aliphatic rings. The van der Waals surface area contributed by atoms with Crippen molar-refractivity contribution in [2.75, 3.05) is 0 Å². The highest BCUT2D eigenvalue weighted by atomic mass is 32.2. The van der Waals surface area contributed by atoms with E-state index in [-0.39, 0.29) is 23.1 Å². The van der Waals surface area contributed by atoms with E-state index in [9.17, 15) is 14.7 Å². The molecule has 0 saturated heterocycles. The van der Waals surface area contributed by atoms with E-state index in [1.54, 1.807) is 31.3 Å².